The summed E-state index contributed by atoms with van der Waals surface area (Å²) in [4.78, 5) is 14.1. The molecule has 2 rings (SSSR count). The summed E-state index contributed by atoms with van der Waals surface area (Å²) in [5.74, 6) is 3.80. The number of para-hydroxylation sites is 1. The largest absolute Gasteiger partial charge is 0.493 e. The normalized spacial score (nSPS) is 18.6. The van der Waals surface area contributed by atoms with Crippen molar-refractivity contribution in [1.82, 2.24) is 4.90 Å². The molecule has 0 spiro atoms. The van der Waals surface area contributed by atoms with E-state index in [1.165, 1.54) is 0 Å². The Balaban J connectivity index is 2.15. The number of benzene rings is 1. The first-order valence-corrected chi connectivity index (χ1v) is 9.18. The van der Waals surface area contributed by atoms with Crippen LogP contribution in [0.3, 0.4) is 0 Å². The number of hydrogen-bond donors (Lipinski definition) is 0. The summed E-state index contributed by atoms with van der Waals surface area (Å²) in [6.07, 6.45) is 0. The fourth-order valence-electron chi connectivity index (χ4n) is 2.23. The summed E-state index contributed by atoms with van der Waals surface area (Å²) in [7, 11) is 0. The Morgan fingerprint density at radius 2 is 2.20 bits per heavy atom. The fourth-order valence-corrected chi connectivity index (χ4v) is 4.09. The molecule has 1 fully saturated rings. The molecule has 1 aliphatic heterocycles. The Bertz CT molecular complexity index is 453. The Morgan fingerprint density at radius 1 is 1.40 bits per heavy atom. The van der Waals surface area contributed by atoms with E-state index in [1.807, 2.05) is 41.8 Å². The van der Waals surface area contributed by atoms with E-state index in [4.69, 9.17) is 4.74 Å². The molecule has 0 bridgehead atoms. The van der Waals surface area contributed by atoms with E-state index in [2.05, 4.69) is 13.0 Å². The third-order valence-electron chi connectivity index (χ3n) is 3.13. The zero-order chi connectivity index (χ0) is 14.4. The molecule has 1 unspecified atom stereocenters. The van der Waals surface area contributed by atoms with Gasteiger partial charge in [0.1, 0.15) is 11.1 Å². The summed E-state index contributed by atoms with van der Waals surface area (Å²) < 4.78 is 5.70. The standard InChI is InChI=1S/C15H21NO2S2/c1-3-18-13-8-6-5-7-12(13)15-16(9-10-19-4-2)14(17)11-20-15/h5-8,15H,3-4,9-11H2,1-2H3. The van der Waals surface area contributed by atoms with Crippen LogP contribution in [-0.4, -0.2) is 41.2 Å². The van der Waals surface area contributed by atoms with E-state index in [0.717, 1.165) is 29.4 Å². The molecule has 1 amide bonds. The number of ether oxygens (including phenoxy) is 1. The van der Waals surface area contributed by atoms with Crippen molar-refractivity contribution in [1.29, 1.82) is 0 Å². The van der Waals surface area contributed by atoms with Crippen molar-refractivity contribution in [2.24, 2.45) is 0 Å². The van der Waals surface area contributed by atoms with E-state index >= 15 is 0 Å². The molecule has 110 valence electrons. The summed E-state index contributed by atoms with van der Waals surface area (Å²) in [5.41, 5.74) is 1.12. The lowest BCUT2D eigenvalue weighted by Crippen LogP contribution is -2.30. The topological polar surface area (TPSA) is 29.5 Å². The van der Waals surface area contributed by atoms with Crippen LogP contribution in [0.4, 0.5) is 0 Å². The van der Waals surface area contributed by atoms with Crippen molar-refractivity contribution in [3.05, 3.63) is 29.8 Å². The van der Waals surface area contributed by atoms with Crippen LogP contribution in [0.1, 0.15) is 24.8 Å². The zero-order valence-electron chi connectivity index (χ0n) is 12.0. The van der Waals surface area contributed by atoms with E-state index in [1.54, 1.807) is 11.8 Å². The van der Waals surface area contributed by atoms with Gasteiger partial charge in [0.25, 0.3) is 0 Å². The highest BCUT2D eigenvalue weighted by atomic mass is 32.2. The smallest absolute Gasteiger partial charge is 0.233 e. The lowest BCUT2D eigenvalue weighted by molar-refractivity contribution is -0.127. The zero-order valence-corrected chi connectivity index (χ0v) is 13.6. The first kappa shape index (κ1) is 15.6. The van der Waals surface area contributed by atoms with Crippen LogP contribution in [-0.2, 0) is 4.79 Å². The maximum absolute atomic E-state index is 12.1. The van der Waals surface area contributed by atoms with E-state index in [0.29, 0.717) is 12.4 Å². The third-order valence-corrected chi connectivity index (χ3v) is 5.25. The summed E-state index contributed by atoms with van der Waals surface area (Å²) in [5, 5.41) is 0.0997. The maximum Gasteiger partial charge on any atom is 0.233 e. The van der Waals surface area contributed by atoms with Gasteiger partial charge in [-0.25, -0.2) is 0 Å². The monoisotopic (exact) mass is 311 g/mol. The minimum Gasteiger partial charge on any atom is -0.493 e. The lowest BCUT2D eigenvalue weighted by Gasteiger charge is -2.25. The number of hydrogen-bond acceptors (Lipinski definition) is 4. The second kappa shape index (κ2) is 7.84. The van der Waals surface area contributed by atoms with Crippen LogP contribution in [0, 0.1) is 0 Å². The predicted octanol–water partition coefficient (Wildman–Crippen LogP) is 3.41. The van der Waals surface area contributed by atoms with Gasteiger partial charge in [-0.15, -0.1) is 11.8 Å². The van der Waals surface area contributed by atoms with Gasteiger partial charge in [0, 0.05) is 17.9 Å². The van der Waals surface area contributed by atoms with Crippen molar-refractivity contribution in [2.75, 3.05) is 30.4 Å². The molecule has 1 aliphatic rings. The SMILES string of the molecule is CCOc1ccccc1C1SCC(=O)N1CCSCC. The number of amides is 1. The highest BCUT2D eigenvalue weighted by Crippen LogP contribution is 2.42. The van der Waals surface area contributed by atoms with Gasteiger partial charge in [0.2, 0.25) is 5.91 Å². The van der Waals surface area contributed by atoms with Gasteiger partial charge >= 0.3 is 0 Å². The summed E-state index contributed by atoms with van der Waals surface area (Å²) in [6.45, 7) is 5.59. The number of carbonyl (C=O) groups excluding carboxylic acids is 1. The van der Waals surface area contributed by atoms with Gasteiger partial charge in [0.05, 0.1) is 12.4 Å². The van der Waals surface area contributed by atoms with Crippen LogP contribution in [0.25, 0.3) is 0 Å². The van der Waals surface area contributed by atoms with Gasteiger partial charge in [-0.05, 0) is 18.7 Å². The Kier molecular flexibility index (Phi) is 6.10. The summed E-state index contributed by atoms with van der Waals surface area (Å²) >= 11 is 3.57. The van der Waals surface area contributed by atoms with Crippen LogP contribution in [0.2, 0.25) is 0 Å². The number of rotatable bonds is 7. The maximum atomic E-state index is 12.1. The molecule has 1 saturated heterocycles. The molecule has 1 atom stereocenters. The molecule has 1 heterocycles. The minimum atomic E-state index is 0.0997. The number of carbonyl (C=O) groups is 1. The first-order chi connectivity index (χ1) is 9.77. The molecule has 0 saturated carbocycles. The third kappa shape index (κ3) is 3.64. The van der Waals surface area contributed by atoms with Crippen LogP contribution in [0.15, 0.2) is 24.3 Å². The van der Waals surface area contributed by atoms with Crippen molar-refractivity contribution in [3.63, 3.8) is 0 Å². The highest BCUT2D eigenvalue weighted by molar-refractivity contribution is 8.00. The molecular weight excluding hydrogens is 290 g/mol. The van der Waals surface area contributed by atoms with Crippen molar-refractivity contribution < 1.29 is 9.53 Å². The molecule has 3 nitrogen and oxygen atoms in total. The van der Waals surface area contributed by atoms with Crippen molar-refractivity contribution in [2.45, 2.75) is 19.2 Å². The molecule has 5 heteroatoms. The van der Waals surface area contributed by atoms with Gasteiger partial charge in [-0.1, -0.05) is 25.1 Å². The predicted molar refractivity (Wildman–Crippen MR) is 87.5 cm³/mol. The Hall–Kier alpha value is -0.810. The quantitative estimate of drug-likeness (QED) is 0.722. The molecule has 0 N–H and O–H groups in total. The molecular formula is C15H21NO2S2. The Morgan fingerprint density at radius 3 is 2.95 bits per heavy atom. The van der Waals surface area contributed by atoms with Gasteiger partial charge in [0.15, 0.2) is 0 Å². The highest BCUT2D eigenvalue weighted by Gasteiger charge is 2.33. The molecule has 0 aromatic heterocycles. The summed E-state index contributed by atoms with van der Waals surface area (Å²) in [6, 6.07) is 8.05. The van der Waals surface area contributed by atoms with Gasteiger partial charge in [-0.2, -0.15) is 11.8 Å². The van der Waals surface area contributed by atoms with E-state index in [9.17, 15) is 4.79 Å². The van der Waals surface area contributed by atoms with Crippen molar-refractivity contribution >= 4 is 29.4 Å². The minimum absolute atomic E-state index is 0.0997. The number of nitrogens with zero attached hydrogens (tertiary/aromatic N) is 1. The molecule has 1 aromatic rings. The molecule has 20 heavy (non-hydrogen) atoms. The second-order valence-corrected chi connectivity index (χ2v) is 6.88. The van der Waals surface area contributed by atoms with Gasteiger partial charge in [-0.3, -0.25) is 4.79 Å². The average molecular weight is 311 g/mol. The van der Waals surface area contributed by atoms with Crippen LogP contribution < -0.4 is 4.74 Å². The molecule has 1 aromatic carbocycles. The average Bonchev–Trinajstić information content (AvgIpc) is 2.82. The van der Waals surface area contributed by atoms with E-state index < -0.39 is 0 Å². The fraction of sp³-hybridized carbons (Fsp3) is 0.533. The number of thioether (sulfide) groups is 2. The second-order valence-electron chi connectivity index (χ2n) is 4.42. The van der Waals surface area contributed by atoms with Crippen LogP contribution in [0.5, 0.6) is 5.75 Å². The van der Waals surface area contributed by atoms with Crippen molar-refractivity contribution in [3.8, 4) is 5.75 Å². The van der Waals surface area contributed by atoms with E-state index in [-0.39, 0.29) is 11.3 Å². The lowest BCUT2D eigenvalue weighted by atomic mass is 10.2. The molecule has 0 aliphatic carbocycles. The van der Waals surface area contributed by atoms with Crippen LogP contribution >= 0.6 is 23.5 Å². The first-order valence-electron chi connectivity index (χ1n) is 6.98. The molecule has 0 radical (unpaired) electrons. The Labute approximate surface area is 129 Å². The van der Waals surface area contributed by atoms with Gasteiger partial charge < -0.3 is 9.64 Å².